The molecule has 1 rings (SSSR count). The number of nitrogens with two attached hydrogens (primary N) is 1. The summed E-state index contributed by atoms with van der Waals surface area (Å²) in [7, 11) is 1.48. The molecule has 17 heavy (non-hydrogen) atoms. The molecule has 1 amide bonds. The van der Waals surface area contributed by atoms with Gasteiger partial charge in [-0.15, -0.1) is 0 Å². The van der Waals surface area contributed by atoms with Crippen molar-refractivity contribution < 1.29 is 19.4 Å². The number of aromatic hydroxyl groups is 1. The molecule has 0 spiro atoms. The minimum absolute atomic E-state index is 0.0740. The first kappa shape index (κ1) is 13.2. The number of ether oxygens (including phenoxy) is 2. The van der Waals surface area contributed by atoms with E-state index in [1.54, 1.807) is 26.0 Å². The molecule has 1 aromatic rings. The van der Waals surface area contributed by atoms with Crippen LogP contribution in [0.5, 0.6) is 11.5 Å². The van der Waals surface area contributed by atoms with E-state index in [-0.39, 0.29) is 5.75 Å². The Morgan fingerprint density at radius 3 is 2.65 bits per heavy atom. The van der Waals surface area contributed by atoms with Crippen molar-refractivity contribution in [1.29, 1.82) is 0 Å². The highest BCUT2D eigenvalue weighted by Gasteiger charge is 2.22. The molecule has 0 heterocycles. The zero-order chi connectivity index (χ0) is 13.1. The van der Waals surface area contributed by atoms with E-state index in [9.17, 15) is 9.90 Å². The third-order valence-corrected chi connectivity index (χ3v) is 2.25. The Balaban J connectivity index is 2.84. The van der Waals surface area contributed by atoms with Gasteiger partial charge in [-0.3, -0.25) is 0 Å². The van der Waals surface area contributed by atoms with Crippen LogP contribution in [-0.4, -0.2) is 23.9 Å². The summed E-state index contributed by atoms with van der Waals surface area (Å²) in [6, 6.07) is 4.97. The monoisotopic (exact) mass is 239 g/mol. The Kier molecular flexibility index (Phi) is 3.83. The maximum absolute atomic E-state index is 10.7. The first-order chi connectivity index (χ1) is 7.84. The molecule has 0 bridgehead atoms. The summed E-state index contributed by atoms with van der Waals surface area (Å²) in [5, 5.41) is 9.45. The quantitative estimate of drug-likeness (QED) is 0.839. The molecule has 0 fully saturated rings. The minimum atomic E-state index is -0.805. The van der Waals surface area contributed by atoms with Crippen LogP contribution in [0.2, 0.25) is 0 Å². The number of primary amides is 1. The molecule has 0 radical (unpaired) electrons. The Labute approximate surface area is 100 Å². The Morgan fingerprint density at radius 2 is 2.12 bits per heavy atom. The molecule has 94 valence electrons. The highest BCUT2D eigenvalue weighted by molar-refractivity contribution is 5.65. The van der Waals surface area contributed by atoms with Gasteiger partial charge in [0, 0.05) is 6.42 Å². The van der Waals surface area contributed by atoms with Crippen LogP contribution in [0.25, 0.3) is 0 Å². The van der Waals surface area contributed by atoms with Gasteiger partial charge in [-0.25, -0.2) is 4.79 Å². The standard InChI is InChI=1S/C12H17NO4/c1-12(2,17-11(13)15)7-8-4-5-9(14)10(6-8)16-3/h4-6,14H,7H2,1-3H3,(H2,13,15). The highest BCUT2D eigenvalue weighted by Crippen LogP contribution is 2.28. The van der Waals surface area contributed by atoms with Gasteiger partial charge < -0.3 is 20.3 Å². The Hall–Kier alpha value is -1.91. The summed E-state index contributed by atoms with van der Waals surface area (Å²) in [6.07, 6.45) is -0.326. The molecule has 5 nitrogen and oxygen atoms in total. The number of amides is 1. The van der Waals surface area contributed by atoms with Crippen molar-refractivity contribution in [1.82, 2.24) is 0 Å². The van der Waals surface area contributed by atoms with Gasteiger partial charge in [-0.2, -0.15) is 0 Å². The first-order valence-electron chi connectivity index (χ1n) is 5.18. The van der Waals surface area contributed by atoms with Crippen molar-refractivity contribution in [3.05, 3.63) is 23.8 Å². The normalized spacial score (nSPS) is 11.0. The van der Waals surface area contributed by atoms with Gasteiger partial charge >= 0.3 is 6.09 Å². The molecular weight excluding hydrogens is 222 g/mol. The van der Waals surface area contributed by atoms with Crippen LogP contribution in [-0.2, 0) is 11.2 Å². The van der Waals surface area contributed by atoms with E-state index in [0.29, 0.717) is 12.2 Å². The average molecular weight is 239 g/mol. The van der Waals surface area contributed by atoms with Gasteiger partial charge in [-0.05, 0) is 31.5 Å². The third kappa shape index (κ3) is 3.86. The SMILES string of the molecule is COc1cc(CC(C)(C)OC(N)=O)ccc1O. The summed E-state index contributed by atoms with van der Waals surface area (Å²) in [5.41, 5.74) is 5.17. The van der Waals surface area contributed by atoms with E-state index in [1.165, 1.54) is 13.2 Å². The molecule has 1 aromatic carbocycles. The number of phenols is 1. The lowest BCUT2D eigenvalue weighted by molar-refractivity contribution is 0.0460. The third-order valence-electron chi connectivity index (χ3n) is 2.25. The Bertz CT molecular complexity index is 415. The summed E-state index contributed by atoms with van der Waals surface area (Å²) in [6.45, 7) is 3.52. The molecule has 0 aliphatic heterocycles. The van der Waals surface area contributed by atoms with Crippen molar-refractivity contribution in [2.75, 3.05) is 7.11 Å². The number of rotatable bonds is 4. The number of benzene rings is 1. The number of carbonyl (C=O) groups is 1. The van der Waals surface area contributed by atoms with E-state index in [0.717, 1.165) is 5.56 Å². The van der Waals surface area contributed by atoms with Crippen LogP contribution >= 0.6 is 0 Å². The largest absolute Gasteiger partial charge is 0.504 e. The molecular formula is C12H17NO4. The molecule has 3 N–H and O–H groups in total. The summed E-state index contributed by atoms with van der Waals surface area (Å²) in [4.78, 5) is 10.7. The smallest absolute Gasteiger partial charge is 0.405 e. The van der Waals surface area contributed by atoms with Crippen molar-refractivity contribution in [2.45, 2.75) is 25.9 Å². The second kappa shape index (κ2) is 4.95. The first-order valence-corrected chi connectivity index (χ1v) is 5.18. The van der Waals surface area contributed by atoms with Crippen molar-refractivity contribution in [3.8, 4) is 11.5 Å². The van der Waals surface area contributed by atoms with Gasteiger partial charge in [-0.1, -0.05) is 6.07 Å². The van der Waals surface area contributed by atoms with Crippen LogP contribution in [0.4, 0.5) is 4.79 Å². The van der Waals surface area contributed by atoms with E-state index in [1.807, 2.05) is 0 Å². The van der Waals surface area contributed by atoms with Crippen LogP contribution < -0.4 is 10.5 Å². The van der Waals surface area contributed by atoms with E-state index >= 15 is 0 Å². The predicted molar refractivity (Wildman–Crippen MR) is 63.1 cm³/mol. The van der Waals surface area contributed by atoms with Crippen LogP contribution in [0.3, 0.4) is 0 Å². The van der Waals surface area contributed by atoms with Gasteiger partial charge in [0.15, 0.2) is 11.5 Å². The number of carbonyl (C=O) groups excluding carboxylic acids is 1. The molecule has 0 unspecified atom stereocenters. The number of hydrogen-bond donors (Lipinski definition) is 2. The molecule has 0 aliphatic carbocycles. The van der Waals surface area contributed by atoms with Crippen LogP contribution in [0.15, 0.2) is 18.2 Å². The van der Waals surface area contributed by atoms with Gasteiger partial charge in [0.1, 0.15) is 5.60 Å². The van der Waals surface area contributed by atoms with Crippen LogP contribution in [0.1, 0.15) is 19.4 Å². The number of phenolic OH excluding ortho intramolecular Hbond substituents is 1. The molecule has 0 aromatic heterocycles. The average Bonchev–Trinajstić information content (AvgIpc) is 2.18. The fourth-order valence-corrected chi connectivity index (χ4v) is 1.63. The van der Waals surface area contributed by atoms with Crippen LogP contribution in [0, 0.1) is 0 Å². The molecule has 0 saturated heterocycles. The lowest BCUT2D eigenvalue weighted by atomic mass is 9.98. The van der Waals surface area contributed by atoms with Gasteiger partial charge in [0.2, 0.25) is 0 Å². The molecule has 0 saturated carbocycles. The van der Waals surface area contributed by atoms with Crippen molar-refractivity contribution >= 4 is 6.09 Å². The maximum Gasteiger partial charge on any atom is 0.405 e. The van der Waals surface area contributed by atoms with Gasteiger partial charge in [0.25, 0.3) is 0 Å². The predicted octanol–water partition coefficient (Wildman–Crippen LogP) is 1.82. The van der Waals surface area contributed by atoms with E-state index in [2.05, 4.69) is 0 Å². The molecule has 0 aliphatic rings. The molecule has 5 heteroatoms. The van der Waals surface area contributed by atoms with E-state index in [4.69, 9.17) is 15.2 Å². The Morgan fingerprint density at radius 1 is 1.47 bits per heavy atom. The number of methoxy groups -OCH3 is 1. The van der Waals surface area contributed by atoms with Crippen molar-refractivity contribution in [3.63, 3.8) is 0 Å². The zero-order valence-corrected chi connectivity index (χ0v) is 10.2. The second-order valence-corrected chi connectivity index (χ2v) is 4.36. The lowest BCUT2D eigenvalue weighted by Gasteiger charge is -2.24. The summed E-state index contributed by atoms with van der Waals surface area (Å²) in [5.74, 6) is 0.460. The fourth-order valence-electron chi connectivity index (χ4n) is 1.63. The molecule has 0 atom stereocenters. The highest BCUT2D eigenvalue weighted by atomic mass is 16.6. The van der Waals surface area contributed by atoms with Crippen molar-refractivity contribution in [2.24, 2.45) is 5.73 Å². The lowest BCUT2D eigenvalue weighted by Crippen LogP contribution is -2.33. The van der Waals surface area contributed by atoms with E-state index < -0.39 is 11.7 Å². The topological polar surface area (TPSA) is 81.8 Å². The number of hydrogen-bond acceptors (Lipinski definition) is 4. The minimum Gasteiger partial charge on any atom is -0.504 e. The summed E-state index contributed by atoms with van der Waals surface area (Å²) < 4.78 is 9.98. The summed E-state index contributed by atoms with van der Waals surface area (Å²) >= 11 is 0. The zero-order valence-electron chi connectivity index (χ0n) is 10.2. The van der Waals surface area contributed by atoms with Gasteiger partial charge in [0.05, 0.1) is 7.11 Å². The maximum atomic E-state index is 10.7. The second-order valence-electron chi connectivity index (χ2n) is 4.36. The fraction of sp³-hybridized carbons (Fsp3) is 0.417.